The number of aliphatic hydroxyl groups is 1. The van der Waals surface area contributed by atoms with Gasteiger partial charge in [-0.05, 0) is 13.3 Å². The lowest BCUT2D eigenvalue weighted by Crippen LogP contribution is -2.57. The van der Waals surface area contributed by atoms with Crippen molar-refractivity contribution >= 4 is 5.91 Å². The number of hydrogen-bond donors (Lipinski definition) is 2. The molecule has 0 saturated carbocycles. The molecule has 1 amide bonds. The first-order chi connectivity index (χ1) is 5.66. The summed E-state index contributed by atoms with van der Waals surface area (Å²) >= 11 is 0. The summed E-state index contributed by atoms with van der Waals surface area (Å²) in [5.41, 5.74) is 0. The van der Waals surface area contributed by atoms with Crippen molar-refractivity contribution in [2.45, 2.75) is 32.5 Å². The normalized spacial score (nSPS) is 27.4. The summed E-state index contributed by atoms with van der Waals surface area (Å²) in [6.07, 6.45) is -0.0228. The number of nitrogens with one attached hydrogen (secondary N) is 1. The fourth-order valence-corrected chi connectivity index (χ4v) is 1.48. The molecule has 2 N–H and O–H groups in total. The Morgan fingerprint density at radius 3 is 3.00 bits per heavy atom. The van der Waals surface area contributed by atoms with Crippen molar-refractivity contribution in [3.8, 4) is 0 Å². The van der Waals surface area contributed by atoms with Crippen LogP contribution in [0, 0.1) is 0 Å². The molecule has 70 valence electrons. The van der Waals surface area contributed by atoms with E-state index in [1.807, 2.05) is 13.8 Å². The average molecular weight is 172 g/mol. The summed E-state index contributed by atoms with van der Waals surface area (Å²) in [6, 6.07) is 0.0983. The van der Waals surface area contributed by atoms with Crippen LogP contribution in [-0.2, 0) is 4.79 Å². The van der Waals surface area contributed by atoms with E-state index in [1.165, 1.54) is 0 Å². The van der Waals surface area contributed by atoms with Crippen LogP contribution in [0.15, 0.2) is 0 Å². The van der Waals surface area contributed by atoms with Crippen LogP contribution in [0.25, 0.3) is 0 Å². The van der Waals surface area contributed by atoms with Gasteiger partial charge in [-0.15, -0.1) is 0 Å². The third-order valence-corrected chi connectivity index (χ3v) is 2.17. The second kappa shape index (κ2) is 3.87. The van der Waals surface area contributed by atoms with Crippen LogP contribution in [-0.4, -0.2) is 41.3 Å². The van der Waals surface area contributed by atoms with E-state index >= 15 is 0 Å². The molecule has 0 radical (unpaired) electrons. The third kappa shape index (κ3) is 1.76. The highest BCUT2D eigenvalue weighted by molar-refractivity contribution is 5.79. The molecule has 1 fully saturated rings. The van der Waals surface area contributed by atoms with Gasteiger partial charge in [-0.2, -0.15) is 0 Å². The zero-order valence-electron chi connectivity index (χ0n) is 7.58. The maximum absolute atomic E-state index is 11.3. The molecule has 1 saturated heterocycles. The molecule has 1 heterocycles. The van der Waals surface area contributed by atoms with E-state index in [0.29, 0.717) is 13.0 Å². The maximum atomic E-state index is 11.3. The Labute approximate surface area is 72.6 Å². The lowest BCUT2D eigenvalue weighted by molar-refractivity contribution is -0.147. The fourth-order valence-electron chi connectivity index (χ4n) is 1.48. The van der Waals surface area contributed by atoms with Crippen molar-refractivity contribution in [3.05, 3.63) is 0 Å². The SMILES string of the molecule is CCC(O)N1C(=O)CNCC1C. The van der Waals surface area contributed by atoms with E-state index in [9.17, 15) is 9.90 Å². The van der Waals surface area contributed by atoms with Crippen molar-refractivity contribution in [1.82, 2.24) is 10.2 Å². The molecule has 0 spiro atoms. The van der Waals surface area contributed by atoms with E-state index < -0.39 is 6.23 Å². The van der Waals surface area contributed by atoms with Crippen molar-refractivity contribution in [1.29, 1.82) is 0 Å². The summed E-state index contributed by atoms with van der Waals surface area (Å²) in [5.74, 6) is -0.0110. The molecule has 1 aliphatic heterocycles. The summed E-state index contributed by atoms with van der Waals surface area (Å²) in [4.78, 5) is 12.9. The van der Waals surface area contributed by atoms with E-state index in [0.717, 1.165) is 6.54 Å². The second-order valence-electron chi connectivity index (χ2n) is 3.17. The van der Waals surface area contributed by atoms with Crippen LogP contribution in [0.5, 0.6) is 0 Å². The summed E-state index contributed by atoms with van der Waals surface area (Å²) < 4.78 is 0. The zero-order chi connectivity index (χ0) is 9.14. The second-order valence-corrected chi connectivity index (χ2v) is 3.17. The minimum atomic E-state index is -0.616. The highest BCUT2D eigenvalue weighted by atomic mass is 16.3. The van der Waals surface area contributed by atoms with Gasteiger partial charge in [-0.3, -0.25) is 4.79 Å². The van der Waals surface area contributed by atoms with Crippen molar-refractivity contribution in [2.75, 3.05) is 13.1 Å². The molecular weight excluding hydrogens is 156 g/mol. The summed E-state index contributed by atoms with van der Waals surface area (Å²) in [5, 5.41) is 12.5. The Balaban J connectivity index is 2.62. The third-order valence-electron chi connectivity index (χ3n) is 2.17. The molecule has 4 heteroatoms. The molecule has 1 rings (SSSR count). The van der Waals surface area contributed by atoms with Crippen molar-refractivity contribution in [2.24, 2.45) is 0 Å². The quantitative estimate of drug-likeness (QED) is 0.592. The molecule has 2 unspecified atom stereocenters. The molecule has 0 aromatic rings. The van der Waals surface area contributed by atoms with Gasteiger partial charge in [0.1, 0.15) is 6.23 Å². The predicted molar refractivity (Wildman–Crippen MR) is 45.5 cm³/mol. The largest absolute Gasteiger partial charge is 0.374 e. The topological polar surface area (TPSA) is 52.6 Å². The monoisotopic (exact) mass is 172 g/mol. The van der Waals surface area contributed by atoms with Crippen LogP contribution in [0.2, 0.25) is 0 Å². The molecule has 0 aromatic heterocycles. The van der Waals surface area contributed by atoms with E-state index in [4.69, 9.17) is 0 Å². The van der Waals surface area contributed by atoms with E-state index in [-0.39, 0.29) is 11.9 Å². The molecule has 0 aliphatic carbocycles. The van der Waals surface area contributed by atoms with Crippen molar-refractivity contribution < 1.29 is 9.90 Å². The number of rotatable bonds is 2. The molecule has 0 aromatic carbocycles. The molecule has 4 nitrogen and oxygen atoms in total. The first-order valence-corrected chi connectivity index (χ1v) is 4.36. The van der Waals surface area contributed by atoms with Gasteiger partial charge in [0.2, 0.25) is 5.91 Å². The van der Waals surface area contributed by atoms with Crippen LogP contribution in [0.4, 0.5) is 0 Å². The fraction of sp³-hybridized carbons (Fsp3) is 0.875. The molecule has 12 heavy (non-hydrogen) atoms. The van der Waals surface area contributed by atoms with Crippen LogP contribution >= 0.6 is 0 Å². The number of carbonyl (C=O) groups excluding carboxylic acids is 1. The Morgan fingerprint density at radius 2 is 2.50 bits per heavy atom. The average Bonchev–Trinajstić information content (AvgIpc) is 2.03. The van der Waals surface area contributed by atoms with Gasteiger partial charge in [0.15, 0.2) is 0 Å². The minimum absolute atomic E-state index is 0.0110. The van der Waals surface area contributed by atoms with Crippen LogP contribution < -0.4 is 5.32 Å². The number of nitrogens with zero attached hydrogens (tertiary/aromatic N) is 1. The van der Waals surface area contributed by atoms with Gasteiger partial charge in [0, 0.05) is 12.6 Å². The van der Waals surface area contributed by atoms with Gasteiger partial charge in [-0.25, -0.2) is 0 Å². The minimum Gasteiger partial charge on any atom is -0.374 e. The van der Waals surface area contributed by atoms with Gasteiger partial charge in [0.25, 0.3) is 0 Å². The van der Waals surface area contributed by atoms with Crippen molar-refractivity contribution in [3.63, 3.8) is 0 Å². The predicted octanol–water partition coefficient (Wildman–Crippen LogP) is -0.465. The first kappa shape index (κ1) is 9.48. The zero-order valence-corrected chi connectivity index (χ0v) is 7.58. The number of piperazine rings is 1. The first-order valence-electron chi connectivity index (χ1n) is 4.36. The highest BCUT2D eigenvalue weighted by Crippen LogP contribution is 2.09. The lowest BCUT2D eigenvalue weighted by Gasteiger charge is -2.36. The Bertz CT molecular complexity index is 168. The molecule has 0 bridgehead atoms. The summed E-state index contributed by atoms with van der Waals surface area (Å²) in [6.45, 7) is 4.92. The van der Waals surface area contributed by atoms with Gasteiger partial charge in [0.05, 0.1) is 6.54 Å². The number of carbonyl (C=O) groups is 1. The lowest BCUT2D eigenvalue weighted by atomic mass is 10.2. The van der Waals surface area contributed by atoms with Gasteiger partial charge < -0.3 is 15.3 Å². The standard InChI is InChI=1S/C8H16N2O2/c1-3-7(11)10-6(2)4-9-5-8(10)12/h6-7,9,11H,3-5H2,1-2H3. The Kier molecular flexibility index (Phi) is 3.05. The van der Waals surface area contributed by atoms with E-state index in [1.54, 1.807) is 4.90 Å². The van der Waals surface area contributed by atoms with Crippen LogP contribution in [0.3, 0.4) is 0 Å². The van der Waals surface area contributed by atoms with Gasteiger partial charge in [-0.1, -0.05) is 6.92 Å². The Hall–Kier alpha value is -0.610. The molecule has 2 atom stereocenters. The highest BCUT2D eigenvalue weighted by Gasteiger charge is 2.28. The smallest absolute Gasteiger partial charge is 0.238 e. The van der Waals surface area contributed by atoms with Crippen LogP contribution in [0.1, 0.15) is 20.3 Å². The number of aliphatic hydroxyl groups excluding tert-OH is 1. The number of amides is 1. The molecule has 1 aliphatic rings. The maximum Gasteiger partial charge on any atom is 0.238 e. The summed E-state index contributed by atoms with van der Waals surface area (Å²) in [7, 11) is 0. The number of hydrogen-bond acceptors (Lipinski definition) is 3. The van der Waals surface area contributed by atoms with Gasteiger partial charge >= 0.3 is 0 Å². The van der Waals surface area contributed by atoms with E-state index in [2.05, 4.69) is 5.32 Å². The molecular formula is C8H16N2O2. The Morgan fingerprint density at radius 1 is 1.83 bits per heavy atom.